The zero-order valence-corrected chi connectivity index (χ0v) is 11.0. The van der Waals surface area contributed by atoms with Crippen molar-refractivity contribution in [1.29, 1.82) is 0 Å². The molecular weight excluding hydrogens is 254 g/mol. The molecule has 1 aromatic carbocycles. The number of rotatable bonds is 3. The number of anilines is 1. The van der Waals surface area contributed by atoms with E-state index in [-0.39, 0.29) is 11.8 Å². The molecule has 0 radical (unpaired) electrons. The maximum absolute atomic E-state index is 12.1. The fourth-order valence-corrected chi connectivity index (χ4v) is 2.14. The summed E-state index contributed by atoms with van der Waals surface area (Å²) in [6.07, 6.45) is 1.52. The largest absolute Gasteiger partial charge is 0.495 e. The van der Waals surface area contributed by atoms with Gasteiger partial charge in [0.1, 0.15) is 5.75 Å². The Morgan fingerprint density at radius 3 is 2.83 bits per heavy atom. The molecule has 1 aliphatic rings. The smallest absolute Gasteiger partial charge is 0.227 e. The van der Waals surface area contributed by atoms with E-state index in [0.717, 1.165) is 12.8 Å². The molecule has 1 aliphatic heterocycles. The third kappa shape index (κ3) is 3.15. The van der Waals surface area contributed by atoms with Crippen molar-refractivity contribution in [3.63, 3.8) is 0 Å². The maximum Gasteiger partial charge on any atom is 0.227 e. The molecule has 1 N–H and O–H groups in total. The summed E-state index contributed by atoms with van der Waals surface area (Å²) in [6.45, 7) is 1.29. The topological polar surface area (TPSA) is 47.6 Å². The molecule has 1 saturated heterocycles. The van der Waals surface area contributed by atoms with E-state index < -0.39 is 0 Å². The van der Waals surface area contributed by atoms with Crippen LogP contribution in [0, 0.1) is 5.92 Å². The average Bonchev–Trinajstić information content (AvgIpc) is 2.40. The monoisotopic (exact) mass is 269 g/mol. The lowest BCUT2D eigenvalue weighted by Crippen LogP contribution is -2.28. The number of halogens is 1. The van der Waals surface area contributed by atoms with Crippen LogP contribution in [0.15, 0.2) is 18.2 Å². The molecule has 1 fully saturated rings. The number of carbonyl (C=O) groups excluding carboxylic acids is 1. The minimum absolute atomic E-state index is 0.00105. The summed E-state index contributed by atoms with van der Waals surface area (Å²) >= 11 is 5.92. The van der Waals surface area contributed by atoms with Crippen LogP contribution < -0.4 is 10.1 Å². The Hall–Kier alpha value is -1.26. The lowest BCUT2D eigenvalue weighted by molar-refractivity contribution is -0.122. The van der Waals surface area contributed by atoms with Crippen LogP contribution in [0.25, 0.3) is 0 Å². The lowest BCUT2D eigenvalue weighted by Gasteiger charge is -2.21. The van der Waals surface area contributed by atoms with Gasteiger partial charge in [-0.3, -0.25) is 4.79 Å². The van der Waals surface area contributed by atoms with E-state index in [4.69, 9.17) is 21.1 Å². The van der Waals surface area contributed by atoms with Crippen molar-refractivity contribution >= 4 is 23.2 Å². The number of hydrogen-bond donors (Lipinski definition) is 1. The summed E-state index contributed by atoms with van der Waals surface area (Å²) in [5, 5.41) is 3.44. The first kappa shape index (κ1) is 13.2. The molecule has 1 amide bonds. The molecule has 0 bridgehead atoms. The van der Waals surface area contributed by atoms with Gasteiger partial charge in [-0.2, -0.15) is 0 Å². The molecule has 0 spiro atoms. The highest BCUT2D eigenvalue weighted by molar-refractivity contribution is 6.31. The van der Waals surface area contributed by atoms with Gasteiger partial charge in [-0.15, -0.1) is 0 Å². The van der Waals surface area contributed by atoms with Gasteiger partial charge in [0.15, 0.2) is 0 Å². The summed E-state index contributed by atoms with van der Waals surface area (Å²) in [5.74, 6) is 0.612. The Morgan fingerprint density at radius 2 is 2.17 bits per heavy atom. The summed E-state index contributed by atoms with van der Waals surface area (Å²) in [4.78, 5) is 12.1. The molecule has 18 heavy (non-hydrogen) atoms. The molecule has 5 heteroatoms. The fraction of sp³-hybridized carbons (Fsp3) is 0.462. The second-order valence-electron chi connectivity index (χ2n) is 4.22. The van der Waals surface area contributed by atoms with E-state index >= 15 is 0 Å². The van der Waals surface area contributed by atoms with E-state index in [1.165, 1.54) is 0 Å². The van der Waals surface area contributed by atoms with Gasteiger partial charge in [0.05, 0.1) is 12.8 Å². The van der Waals surface area contributed by atoms with Crippen LogP contribution in [0.4, 0.5) is 5.69 Å². The van der Waals surface area contributed by atoms with E-state index in [0.29, 0.717) is 29.7 Å². The molecule has 98 valence electrons. The molecule has 0 unspecified atom stereocenters. The molecule has 2 rings (SSSR count). The van der Waals surface area contributed by atoms with Gasteiger partial charge in [0.25, 0.3) is 0 Å². The Kier molecular flexibility index (Phi) is 4.44. The first-order chi connectivity index (χ1) is 8.70. The maximum atomic E-state index is 12.1. The molecule has 0 aromatic heterocycles. The normalized spacial score (nSPS) is 16.3. The first-order valence-corrected chi connectivity index (χ1v) is 6.30. The number of benzene rings is 1. The number of amides is 1. The predicted molar refractivity (Wildman–Crippen MR) is 70.2 cm³/mol. The van der Waals surface area contributed by atoms with Crippen molar-refractivity contribution in [3.05, 3.63) is 23.2 Å². The number of nitrogens with one attached hydrogen (secondary N) is 1. The second kappa shape index (κ2) is 6.07. The standard InChI is InChI=1S/C13H16ClNO3/c1-17-12-3-2-10(14)8-11(12)15-13(16)9-4-6-18-7-5-9/h2-3,8-9H,4-7H2,1H3,(H,15,16). The zero-order chi connectivity index (χ0) is 13.0. The minimum Gasteiger partial charge on any atom is -0.495 e. The van der Waals surface area contributed by atoms with Gasteiger partial charge < -0.3 is 14.8 Å². The molecule has 0 atom stereocenters. The Balaban J connectivity index is 2.07. The Morgan fingerprint density at radius 1 is 1.44 bits per heavy atom. The Bertz CT molecular complexity index is 430. The van der Waals surface area contributed by atoms with Crippen LogP contribution >= 0.6 is 11.6 Å². The van der Waals surface area contributed by atoms with Gasteiger partial charge in [0.2, 0.25) is 5.91 Å². The first-order valence-electron chi connectivity index (χ1n) is 5.93. The number of methoxy groups -OCH3 is 1. The molecule has 4 nitrogen and oxygen atoms in total. The quantitative estimate of drug-likeness (QED) is 0.918. The molecule has 1 aromatic rings. The van der Waals surface area contributed by atoms with Crippen LogP contribution in [0.5, 0.6) is 5.75 Å². The molecular formula is C13H16ClNO3. The van der Waals surface area contributed by atoms with Crippen LogP contribution in [0.2, 0.25) is 5.02 Å². The van der Waals surface area contributed by atoms with Gasteiger partial charge in [0, 0.05) is 24.2 Å². The van der Waals surface area contributed by atoms with E-state index in [1.807, 2.05) is 0 Å². The van der Waals surface area contributed by atoms with Crippen molar-refractivity contribution in [1.82, 2.24) is 0 Å². The van der Waals surface area contributed by atoms with Crippen molar-refractivity contribution < 1.29 is 14.3 Å². The minimum atomic E-state index is -0.00105. The van der Waals surface area contributed by atoms with Gasteiger partial charge in [-0.25, -0.2) is 0 Å². The summed E-state index contributed by atoms with van der Waals surface area (Å²) < 4.78 is 10.4. The summed E-state index contributed by atoms with van der Waals surface area (Å²) in [5.41, 5.74) is 0.612. The van der Waals surface area contributed by atoms with Crippen LogP contribution in [0.1, 0.15) is 12.8 Å². The van der Waals surface area contributed by atoms with Crippen LogP contribution in [0.3, 0.4) is 0 Å². The van der Waals surface area contributed by atoms with Crippen molar-refractivity contribution in [3.8, 4) is 5.75 Å². The lowest BCUT2D eigenvalue weighted by atomic mass is 9.99. The fourth-order valence-electron chi connectivity index (χ4n) is 1.97. The number of carbonyl (C=O) groups is 1. The van der Waals surface area contributed by atoms with Gasteiger partial charge >= 0.3 is 0 Å². The average molecular weight is 270 g/mol. The SMILES string of the molecule is COc1ccc(Cl)cc1NC(=O)C1CCOCC1. The number of hydrogen-bond acceptors (Lipinski definition) is 3. The highest BCUT2D eigenvalue weighted by Gasteiger charge is 2.22. The van der Waals surface area contributed by atoms with Crippen molar-refractivity contribution in [2.75, 3.05) is 25.6 Å². The highest BCUT2D eigenvalue weighted by Crippen LogP contribution is 2.28. The molecule has 1 heterocycles. The molecule has 0 saturated carbocycles. The van der Waals surface area contributed by atoms with Gasteiger partial charge in [-0.05, 0) is 31.0 Å². The Labute approximate surface area is 111 Å². The van der Waals surface area contributed by atoms with Crippen LogP contribution in [-0.2, 0) is 9.53 Å². The van der Waals surface area contributed by atoms with E-state index in [9.17, 15) is 4.79 Å². The third-order valence-electron chi connectivity index (χ3n) is 3.01. The molecule has 0 aliphatic carbocycles. The van der Waals surface area contributed by atoms with E-state index in [2.05, 4.69) is 5.32 Å². The van der Waals surface area contributed by atoms with E-state index in [1.54, 1.807) is 25.3 Å². The van der Waals surface area contributed by atoms with Gasteiger partial charge in [-0.1, -0.05) is 11.6 Å². The highest BCUT2D eigenvalue weighted by atomic mass is 35.5. The summed E-state index contributed by atoms with van der Waals surface area (Å²) in [7, 11) is 1.56. The van der Waals surface area contributed by atoms with Crippen molar-refractivity contribution in [2.45, 2.75) is 12.8 Å². The van der Waals surface area contributed by atoms with Crippen LogP contribution in [-0.4, -0.2) is 26.2 Å². The zero-order valence-electron chi connectivity index (χ0n) is 10.2. The third-order valence-corrected chi connectivity index (χ3v) is 3.25. The number of ether oxygens (including phenoxy) is 2. The van der Waals surface area contributed by atoms with Crippen molar-refractivity contribution in [2.24, 2.45) is 5.92 Å². The predicted octanol–water partition coefficient (Wildman–Crippen LogP) is 2.71. The second-order valence-corrected chi connectivity index (χ2v) is 4.66. The summed E-state index contributed by atoms with van der Waals surface area (Å²) in [6, 6.07) is 5.16.